The maximum atomic E-state index is 5.94. The number of hydrogen-bond acceptors (Lipinski definition) is 3. The molecule has 0 bridgehead atoms. The highest BCUT2D eigenvalue weighted by Crippen LogP contribution is 2.33. The van der Waals surface area contributed by atoms with E-state index in [4.69, 9.17) is 4.42 Å². The Morgan fingerprint density at radius 3 is 3.05 bits per heavy atom. The summed E-state index contributed by atoms with van der Waals surface area (Å²) in [5, 5.41) is 4.72. The average Bonchev–Trinajstić information content (AvgIpc) is 3.07. The van der Waals surface area contributed by atoms with Crippen LogP contribution >= 0.6 is 0 Å². The second kappa shape index (κ2) is 4.36. The summed E-state index contributed by atoms with van der Waals surface area (Å²) in [5.74, 6) is 2.75. The van der Waals surface area contributed by atoms with E-state index in [0.717, 1.165) is 29.7 Å². The van der Waals surface area contributed by atoms with Gasteiger partial charge >= 0.3 is 0 Å². The van der Waals surface area contributed by atoms with Crippen molar-refractivity contribution in [1.82, 2.24) is 10.2 Å². The molecule has 1 N–H and O–H groups in total. The van der Waals surface area contributed by atoms with Crippen LogP contribution in [0.25, 0.3) is 11.0 Å². The largest absolute Gasteiger partial charge is 0.460 e. The summed E-state index contributed by atoms with van der Waals surface area (Å²) < 4.78 is 5.94. The zero-order chi connectivity index (χ0) is 12.8. The number of hydrogen-bond donors (Lipinski definition) is 1. The van der Waals surface area contributed by atoms with Gasteiger partial charge in [-0.2, -0.15) is 0 Å². The molecule has 3 unspecified atom stereocenters. The average molecular weight is 256 g/mol. The van der Waals surface area contributed by atoms with Gasteiger partial charge in [0.25, 0.3) is 0 Å². The SMILES string of the molecule is CC1C2CNCC2CN1Cc1cc2ccccc2o1. The van der Waals surface area contributed by atoms with Crippen molar-refractivity contribution in [3.8, 4) is 0 Å². The fourth-order valence-corrected chi connectivity index (χ4v) is 3.78. The summed E-state index contributed by atoms with van der Waals surface area (Å²) in [6, 6.07) is 11.1. The van der Waals surface area contributed by atoms with E-state index in [2.05, 4.69) is 35.3 Å². The summed E-state index contributed by atoms with van der Waals surface area (Å²) in [4.78, 5) is 2.58. The minimum atomic E-state index is 0.660. The fourth-order valence-electron chi connectivity index (χ4n) is 3.78. The Kier molecular flexibility index (Phi) is 2.64. The van der Waals surface area contributed by atoms with Crippen molar-refractivity contribution >= 4 is 11.0 Å². The summed E-state index contributed by atoms with van der Waals surface area (Å²) in [5.41, 5.74) is 1.01. The van der Waals surface area contributed by atoms with E-state index < -0.39 is 0 Å². The van der Waals surface area contributed by atoms with Gasteiger partial charge in [-0.05, 0) is 44.0 Å². The highest BCUT2D eigenvalue weighted by Gasteiger charge is 2.41. The van der Waals surface area contributed by atoms with E-state index in [1.54, 1.807) is 0 Å². The highest BCUT2D eigenvalue weighted by atomic mass is 16.3. The van der Waals surface area contributed by atoms with Crippen molar-refractivity contribution in [2.45, 2.75) is 19.5 Å². The highest BCUT2D eigenvalue weighted by molar-refractivity contribution is 5.77. The quantitative estimate of drug-likeness (QED) is 0.894. The molecule has 4 rings (SSSR count). The third kappa shape index (κ3) is 1.88. The maximum Gasteiger partial charge on any atom is 0.134 e. The van der Waals surface area contributed by atoms with Crippen LogP contribution in [0.5, 0.6) is 0 Å². The van der Waals surface area contributed by atoms with Crippen LogP contribution in [0.2, 0.25) is 0 Å². The minimum Gasteiger partial charge on any atom is -0.460 e. The molecule has 3 nitrogen and oxygen atoms in total. The Bertz CT molecular complexity index is 558. The Morgan fingerprint density at radius 2 is 2.21 bits per heavy atom. The second-order valence-corrected chi connectivity index (χ2v) is 6.00. The first-order valence-corrected chi connectivity index (χ1v) is 7.23. The van der Waals surface area contributed by atoms with Crippen LogP contribution in [0.1, 0.15) is 12.7 Å². The van der Waals surface area contributed by atoms with Gasteiger partial charge in [0, 0.05) is 18.0 Å². The molecule has 3 atom stereocenters. The molecular weight excluding hydrogens is 236 g/mol. The number of nitrogens with one attached hydrogen (secondary N) is 1. The molecule has 1 aromatic heterocycles. The van der Waals surface area contributed by atoms with Gasteiger partial charge in [0.05, 0.1) is 6.54 Å². The van der Waals surface area contributed by atoms with E-state index in [1.165, 1.54) is 25.0 Å². The number of benzene rings is 1. The second-order valence-electron chi connectivity index (χ2n) is 6.00. The van der Waals surface area contributed by atoms with E-state index in [1.807, 2.05) is 12.1 Å². The first-order valence-electron chi connectivity index (χ1n) is 7.23. The molecule has 0 radical (unpaired) electrons. The zero-order valence-corrected chi connectivity index (χ0v) is 11.3. The smallest absolute Gasteiger partial charge is 0.134 e. The molecule has 2 aliphatic rings. The number of nitrogens with zero attached hydrogens (tertiary/aromatic N) is 1. The molecule has 0 amide bonds. The van der Waals surface area contributed by atoms with Gasteiger partial charge < -0.3 is 9.73 Å². The standard InChI is InChI=1S/C16H20N2O/c1-11-15-8-17-7-13(15)9-18(11)10-14-6-12-4-2-3-5-16(12)19-14/h2-6,11,13,15,17H,7-10H2,1H3. The molecule has 2 saturated heterocycles. The third-order valence-corrected chi connectivity index (χ3v) is 4.89. The molecule has 2 aromatic rings. The minimum absolute atomic E-state index is 0.660. The molecule has 0 saturated carbocycles. The van der Waals surface area contributed by atoms with Gasteiger partial charge in [-0.25, -0.2) is 0 Å². The molecule has 3 heterocycles. The lowest BCUT2D eigenvalue weighted by atomic mass is 9.95. The normalized spacial score (nSPS) is 31.1. The Morgan fingerprint density at radius 1 is 1.32 bits per heavy atom. The van der Waals surface area contributed by atoms with E-state index >= 15 is 0 Å². The predicted molar refractivity (Wildman–Crippen MR) is 75.9 cm³/mol. The molecular formula is C16H20N2O. The Balaban J connectivity index is 1.55. The Labute approximate surface area is 113 Å². The van der Waals surface area contributed by atoms with Crippen LogP contribution in [-0.2, 0) is 6.54 Å². The zero-order valence-electron chi connectivity index (χ0n) is 11.3. The lowest BCUT2D eigenvalue weighted by molar-refractivity contribution is 0.216. The molecule has 19 heavy (non-hydrogen) atoms. The molecule has 2 fully saturated rings. The molecule has 2 aliphatic heterocycles. The Hall–Kier alpha value is -1.32. The van der Waals surface area contributed by atoms with Crippen LogP contribution in [0, 0.1) is 11.8 Å². The van der Waals surface area contributed by atoms with Crippen LogP contribution in [0.4, 0.5) is 0 Å². The van der Waals surface area contributed by atoms with Crippen molar-refractivity contribution < 1.29 is 4.42 Å². The molecule has 0 spiro atoms. The van der Waals surface area contributed by atoms with Crippen LogP contribution in [0.3, 0.4) is 0 Å². The van der Waals surface area contributed by atoms with Crippen molar-refractivity contribution in [3.05, 3.63) is 36.1 Å². The van der Waals surface area contributed by atoms with Gasteiger partial charge in [0.2, 0.25) is 0 Å². The van der Waals surface area contributed by atoms with Gasteiger partial charge in [-0.3, -0.25) is 4.90 Å². The topological polar surface area (TPSA) is 28.4 Å². The van der Waals surface area contributed by atoms with Crippen molar-refractivity contribution in [2.75, 3.05) is 19.6 Å². The van der Waals surface area contributed by atoms with E-state index in [-0.39, 0.29) is 0 Å². The summed E-state index contributed by atoms with van der Waals surface area (Å²) in [7, 11) is 0. The molecule has 1 aromatic carbocycles. The van der Waals surface area contributed by atoms with Gasteiger partial charge in [0.15, 0.2) is 0 Å². The molecule has 3 heteroatoms. The van der Waals surface area contributed by atoms with Gasteiger partial charge in [0.1, 0.15) is 11.3 Å². The first kappa shape index (κ1) is 11.5. The fraction of sp³-hybridized carbons (Fsp3) is 0.500. The molecule has 100 valence electrons. The number of furan rings is 1. The summed E-state index contributed by atoms with van der Waals surface area (Å²) in [6.45, 7) is 6.88. The number of para-hydroxylation sites is 1. The number of fused-ring (bicyclic) bond motifs is 2. The first-order chi connectivity index (χ1) is 9.31. The monoisotopic (exact) mass is 256 g/mol. The van der Waals surface area contributed by atoms with Crippen molar-refractivity contribution in [3.63, 3.8) is 0 Å². The van der Waals surface area contributed by atoms with Gasteiger partial charge in [-0.15, -0.1) is 0 Å². The lowest BCUT2D eigenvalue weighted by Crippen LogP contribution is -2.32. The predicted octanol–water partition coefficient (Wildman–Crippen LogP) is 2.47. The van der Waals surface area contributed by atoms with E-state index in [0.29, 0.717) is 6.04 Å². The van der Waals surface area contributed by atoms with Crippen molar-refractivity contribution in [1.29, 1.82) is 0 Å². The number of likely N-dealkylation sites (tertiary alicyclic amines) is 1. The van der Waals surface area contributed by atoms with Gasteiger partial charge in [-0.1, -0.05) is 18.2 Å². The number of rotatable bonds is 2. The van der Waals surface area contributed by atoms with Crippen molar-refractivity contribution in [2.24, 2.45) is 11.8 Å². The molecule has 0 aliphatic carbocycles. The third-order valence-electron chi connectivity index (χ3n) is 4.89. The van der Waals surface area contributed by atoms with Crippen LogP contribution in [0.15, 0.2) is 34.7 Å². The van der Waals surface area contributed by atoms with Crippen LogP contribution < -0.4 is 5.32 Å². The van der Waals surface area contributed by atoms with Crippen LogP contribution in [-0.4, -0.2) is 30.6 Å². The maximum absolute atomic E-state index is 5.94. The lowest BCUT2D eigenvalue weighted by Gasteiger charge is -2.22. The summed E-state index contributed by atoms with van der Waals surface area (Å²) >= 11 is 0. The summed E-state index contributed by atoms with van der Waals surface area (Å²) in [6.07, 6.45) is 0. The van der Waals surface area contributed by atoms with E-state index in [9.17, 15) is 0 Å².